The molecule has 0 aromatic heterocycles. The van der Waals surface area contributed by atoms with E-state index in [1.807, 2.05) is 30.3 Å². The summed E-state index contributed by atoms with van der Waals surface area (Å²) in [6.45, 7) is 5.17. The number of ether oxygens (including phenoxy) is 2. The van der Waals surface area contributed by atoms with Gasteiger partial charge in [-0.2, -0.15) is 0 Å². The summed E-state index contributed by atoms with van der Waals surface area (Å²) in [6.07, 6.45) is 0.934. The number of hydrogen-bond donors (Lipinski definition) is 3. The molecule has 3 aromatic rings. The molecule has 3 aromatic carbocycles. The van der Waals surface area contributed by atoms with Crippen LogP contribution in [0.15, 0.2) is 77.3 Å². The first-order chi connectivity index (χ1) is 17.3. The number of carbonyl (C=O) groups excluding carboxylic acids is 2. The Bertz CT molecular complexity index is 1200. The van der Waals surface area contributed by atoms with E-state index >= 15 is 0 Å². The van der Waals surface area contributed by atoms with Gasteiger partial charge < -0.3 is 9.47 Å². The molecular weight excluding hydrogens is 542 g/mol. The number of hydrogen-bond acceptors (Lipinski definition) is 5. The van der Waals surface area contributed by atoms with Gasteiger partial charge in [-0.1, -0.05) is 56.3 Å². The van der Waals surface area contributed by atoms with Gasteiger partial charge in [-0.25, -0.2) is 0 Å². The average Bonchev–Trinajstić information content (AvgIpc) is 2.87. The average molecular weight is 571 g/mol. The monoisotopic (exact) mass is 569 g/mol. The summed E-state index contributed by atoms with van der Waals surface area (Å²) in [6, 6.07) is 21.6. The van der Waals surface area contributed by atoms with Gasteiger partial charge in [0.25, 0.3) is 11.8 Å². The third-order valence-electron chi connectivity index (χ3n) is 5.03. The Morgan fingerprint density at radius 1 is 0.889 bits per heavy atom. The van der Waals surface area contributed by atoms with Crippen LogP contribution in [0.3, 0.4) is 0 Å². The quantitative estimate of drug-likeness (QED) is 0.236. The van der Waals surface area contributed by atoms with Crippen LogP contribution in [0.5, 0.6) is 11.5 Å². The third-order valence-corrected chi connectivity index (χ3v) is 5.86. The number of rotatable bonds is 9. The first-order valence-corrected chi connectivity index (χ1v) is 12.6. The molecule has 0 spiro atoms. The van der Waals surface area contributed by atoms with Crippen molar-refractivity contribution < 1.29 is 19.1 Å². The topological polar surface area (TPSA) is 88.7 Å². The molecule has 0 bridgehead atoms. The van der Waals surface area contributed by atoms with Crippen molar-refractivity contribution in [2.24, 2.45) is 5.92 Å². The van der Waals surface area contributed by atoms with Crippen molar-refractivity contribution in [1.29, 1.82) is 0 Å². The maximum atomic E-state index is 12.7. The van der Waals surface area contributed by atoms with Gasteiger partial charge in [0.15, 0.2) is 5.11 Å². The molecule has 3 N–H and O–H groups in total. The minimum atomic E-state index is -0.457. The highest BCUT2D eigenvalue weighted by molar-refractivity contribution is 9.10. The van der Waals surface area contributed by atoms with Crippen LogP contribution in [0.4, 0.5) is 0 Å². The van der Waals surface area contributed by atoms with Gasteiger partial charge in [0, 0.05) is 5.56 Å². The highest BCUT2D eigenvalue weighted by atomic mass is 79.9. The van der Waals surface area contributed by atoms with E-state index in [1.54, 1.807) is 42.5 Å². The number of para-hydroxylation sites is 1. The van der Waals surface area contributed by atoms with E-state index in [9.17, 15) is 9.59 Å². The molecule has 7 nitrogen and oxygen atoms in total. The molecule has 0 aliphatic rings. The number of halogens is 1. The molecule has 9 heteroatoms. The fourth-order valence-electron chi connectivity index (χ4n) is 3.07. The number of hydrazine groups is 1. The van der Waals surface area contributed by atoms with Gasteiger partial charge in [-0.05, 0) is 76.4 Å². The SMILES string of the molecule is CC(C)CCOc1ccc(C(=O)NC(=S)NNC(=O)c2ccccc2OCc2ccccc2)cc1Br. The molecule has 0 fully saturated rings. The number of thiocarbonyl (C=S) groups is 1. The van der Waals surface area contributed by atoms with Crippen molar-refractivity contribution in [2.75, 3.05) is 6.61 Å². The number of amides is 2. The van der Waals surface area contributed by atoms with Gasteiger partial charge in [0.1, 0.15) is 18.1 Å². The van der Waals surface area contributed by atoms with E-state index in [2.05, 4.69) is 45.9 Å². The van der Waals surface area contributed by atoms with Crippen molar-refractivity contribution in [2.45, 2.75) is 26.9 Å². The van der Waals surface area contributed by atoms with Gasteiger partial charge in [-0.3, -0.25) is 25.8 Å². The Labute approximate surface area is 224 Å². The van der Waals surface area contributed by atoms with Crippen LogP contribution in [-0.4, -0.2) is 23.5 Å². The van der Waals surface area contributed by atoms with Crippen LogP contribution in [0.2, 0.25) is 0 Å². The molecule has 0 atom stereocenters. The first kappa shape index (κ1) is 27.2. The Hall–Kier alpha value is -3.43. The highest BCUT2D eigenvalue weighted by Crippen LogP contribution is 2.26. The van der Waals surface area contributed by atoms with Crippen LogP contribution < -0.4 is 25.6 Å². The smallest absolute Gasteiger partial charge is 0.273 e. The number of benzene rings is 3. The second-order valence-corrected chi connectivity index (χ2v) is 9.57. The van der Waals surface area contributed by atoms with Crippen LogP contribution in [0.1, 0.15) is 46.5 Å². The molecule has 0 radical (unpaired) electrons. The predicted octanol–water partition coefficient (Wildman–Crippen LogP) is 5.40. The van der Waals surface area contributed by atoms with Crippen LogP contribution in [0.25, 0.3) is 0 Å². The first-order valence-electron chi connectivity index (χ1n) is 11.4. The maximum Gasteiger partial charge on any atom is 0.273 e. The van der Waals surface area contributed by atoms with Gasteiger partial charge in [0.05, 0.1) is 16.6 Å². The van der Waals surface area contributed by atoms with Crippen molar-refractivity contribution in [1.82, 2.24) is 16.2 Å². The Morgan fingerprint density at radius 2 is 1.61 bits per heavy atom. The minimum absolute atomic E-state index is 0.0515. The third kappa shape index (κ3) is 8.35. The Balaban J connectivity index is 1.51. The van der Waals surface area contributed by atoms with E-state index in [0.717, 1.165) is 12.0 Å². The van der Waals surface area contributed by atoms with E-state index in [1.165, 1.54) is 0 Å². The zero-order valence-corrected chi connectivity index (χ0v) is 22.4. The Kier molecular flexibility index (Phi) is 10.3. The molecule has 0 saturated carbocycles. The lowest BCUT2D eigenvalue weighted by molar-refractivity contribution is 0.0930. The maximum absolute atomic E-state index is 12.7. The summed E-state index contributed by atoms with van der Waals surface area (Å²) in [5.74, 6) is 0.742. The lowest BCUT2D eigenvalue weighted by atomic mass is 10.1. The molecular formula is C27H28BrN3O4S. The van der Waals surface area contributed by atoms with Gasteiger partial charge >= 0.3 is 0 Å². The zero-order chi connectivity index (χ0) is 25.9. The number of nitrogens with one attached hydrogen (secondary N) is 3. The lowest BCUT2D eigenvalue weighted by Gasteiger charge is -2.14. The normalized spacial score (nSPS) is 10.4. The zero-order valence-electron chi connectivity index (χ0n) is 20.0. The summed E-state index contributed by atoms with van der Waals surface area (Å²) in [4.78, 5) is 25.3. The standard InChI is InChI=1S/C27H28BrN3O4S/c1-18(2)14-15-34-24-13-12-20(16-22(24)28)25(32)29-27(36)31-30-26(33)21-10-6-7-11-23(21)35-17-19-8-4-3-5-9-19/h3-13,16,18H,14-15,17H2,1-2H3,(H,30,33)(H2,29,31,32,36). The lowest BCUT2D eigenvalue weighted by Crippen LogP contribution is -2.48. The number of carbonyl (C=O) groups is 2. The van der Waals surface area contributed by atoms with Crippen molar-refractivity contribution >= 4 is 45.1 Å². The molecule has 2 amide bonds. The largest absolute Gasteiger partial charge is 0.492 e. The molecule has 0 aliphatic heterocycles. The summed E-state index contributed by atoms with van der Waals surface area (Å²) in [5.41, 5.74) is 6.74. The Morgan fingerprint density at radius 3 is 2.33 bits per heavy atom. The van der Waals surface area contributed by atoms with Crippen molar-refractivity contribution in [3.63, 3.8) is 0 Å². The van der Waals surface area contributed by atoms with E-state index in [0.29, 0.717) is 46.2 Å². The molecule has 3 rings (SSSR count). The highest BCUT2D eigenvalue weighted by Gasteiger charge is 2.14. The van der Waals surface area contributed by atoms with Crippen molar-refractivity contribution in [3.8, 4) is 11.5 Å². The van der Waals surface area contributed by atoms with E-state index < -0.39 is 11.8 Å². The summed E-state index contributed by atoms with van der Waals surface area (Å²) < 4.78 is 12.2. The molecule has 0 heterocycles. The molecule has 0 unspecified atom stereocenters. The summed E-state index contributed by atoms with van der Waals surface area (Å²) in [7, 11) is 0. The fourth-order valence-corrected chi connectivity index (χ4v) is 3.70. The predicted molar refractivity (Wildman–Crippen MR) is 147 cm³/mol. The van der Waals surface area contributed by atoms with Gasteiger partial charge in [0.2, 0.25) is 0 Å². The summed E-state index contributed by atoms with van der Waals surface area (Å²) >= 11 is 8.60. The molecule has 0 aliphatic carbocycles. The second-order valence-electron chi connectivity index (χ2n) is 8.31. The summed E-state index contributed by atoms with van der Waals surface area (Å²) in [5, 5.41) is 2.49. The van der Waals surface area contributed by atoms with Crippen LogP contribution in [-0.2, 0) is 6.61 Å². The fraction of sp³-hybridized carbons (Fsp3) is 0.222. The minimum Gasteiger partial charge on any atom is -0.492 e. The molecule has 36 heavy (non-hydrogen) atoms. The van der Waals surface area contributed by atoms with Crippen LogP contribution in [0, 0.1) is 5.92 Å². The second kappa shape index (κ2) is 13.6. The van der Waals surface area contributed by atoms with Crippen molar-refractivity contribution in [3.05, 3.63) is 94.0 Å². The van der Waals surface area contributed by atoms with Crippen LogP contribution >= 0.6 is 28.1 Å². The molecule has 0 saturated heterocycles. The van der Waals surface area contributed by atoms with E-state index in [4.69, 9.17) is 21.7 Å². The van der Waals surface area contributed by atoms with Gasteiger partial charge in [-0.15, -0.1) is 0 Å². The van der Waals surface area contributed by atoms with E-state index in [-0.39, 0.29) is 5.11 Å². The molecule has 188 valence electrons.